The molecule has 0 aromatic carbocycles. The van der Waals surface area contributed by atoms with Gasteiger partial charge in [-0.05, 0) is 69.5 Å². The number of hydrogen-bond donors (Lipinski definition) is 0. The zero-order valence-corrected chi connectivity index (χ0v) is 13.6. The van der Waals surface area contributed by atoms with Crippen LogP contribution in [0.4, 0.5) is 0 Å². The molecule has 2 aliphatic rings. The first-order valence-corrected chi connectivity index (χ1v) is 8.01. The lowest BCUT2D eigenvalue weighted by Crippen LogP contribution is -2.46. The molecule has 0 aromatic rings. The van der Waals surface area contributed by atoms with E-state index in [1.54, 1.807) is 12.8 Å². The molecule has 0 radical (unpaired) electrons. The van der Waals surface area contributed by atoms with E-state index in [4.69, 9.17) is 0 Å². The Kier molecular flexibility index (Phi) is 6.52. The second-order valence-corrected chi connectivity index (χ2v) is 7.59. The zero-order chi connectivity index (χ0) is 14.5. The third-order valence-corrected chi connectivity index (χ3v) is 4.57. The van der Waals surface area contributed by atoms with Crippen LogP contribution in [-0.4, -0.2) is 31.3 Å². The summed E-state index contributed by atoms with van der Waals surface area (Å²) in [6.07, 6.45) is 8.41. The zero-order valence-electron chi connectivity index (χ0n) is 13.6. The number of nitrogens with zero attached hydrogens (tertiary/aromatic N) is 1. The molecule has 1 saturated carbocycles. The molecule has 1 aliphatic carbocycles. The third kappa shape index (κ3) is 5.64. The van der Waals surface area contributed by atoms with Crippen LogP contribution < -0.4 is 0 Å². The van der Waals surface area contributed by atoms with Gasteiger partial charge in [-0.1, -0.05) is 27.7 Å². The molecule has 1 spiro atoms. The summed E-state index contributed by atoms with van der Waals surface area (Å²) in [6, 6.07) is 0. The normalized spacial score (nSPS) is 23.1. The third-order valence-electron chi connectivity index (χ3n) is 4.57. The molecular weight excluding hydrogens is 234 g/mol. The van der Waals surface area contributed by atoms with Gasteiger partial charge in [0.15, 0.2) is 0 Å². The van der Waals surface area contributed by atoms with E-state index in [0.29, 0.717) is 0 Å². The van der Waals surface area contributed by atoms with Gasteiger partial charge in [-0.25, -0.2) is 0 Å². The van der Waals surface area contributed by atoms with Crippen LogP contribution in [-0.2, 0) is 4.79 Å². The Bertz CT molecular complexity index is 256. The van der Waals surface area contributed by atoms with E-state index in [9.17, 15) is 4.79 Å². The first-order valence-electron chi connectivity index (χ1n) is 8.01. The molecule has 0 atom stereocenters. The van der Waals surface area contributed by atoms with Crippen molar-refractivity contribution in [1.29, 1.82) is 0 Å². The van der Waals surface area contributed by atoms with Crippen molar-refractivity contribution < 1.29 is 4.79 Å². The highest BCUT2D eigenvalue weighted by atomic mass is 16.1. The minimum absolute atomic E-state index is 0.204. The molecule has 2 rings (SSSR count). The quantitative estimate of drug-likeness (QED) is 0.720. The molecule has 1 saturated heterocycles. The molecule has 2 heteroatoms. The van der Waals surface area contributed by atoms with Crippen molar-refractivity contribution in [3.05, 3.63) is 0 Å². The predicted octanol–water partition coefficient (Wildman–Crippen LogP) is 4.00. The first-order chi connectivity index (χ1) is 8.87. The van der Waals surface area contributed by atoms with E-state index < -0.39 is 0 Å². The molecule has 1 heterocycles. The van der Waals surface area contributed by atoms with Gasteiger partial charge in [0.05, 0.1) is 0 Å². The van der Waals surface area contributed by atoms with Crippen molar-refractivity contribution in [2.24, 2.45) is 23.2 Å². The fourth-order valence-corrected chi connectivity index (χ4v) is 3.50. The van der Waals surface area contributed by atoms with Gasteiger partial charge >= 0.3 is 0 Å². The number of likely N-dealkylation sites (tertiary alicyclic amines) is 1. The Morgan fingerprint density at radius 1 is 1.16 bits per heavy atom. The minimum atomic E-state index is 0.204. The van der Waals surface area contributed by atoms with E-state index >= 15 is 0 Å². The molecule has 0 N–H and O–H groups in total. The maximum atomic E-state index is 9.50. The number of aldehydes is 1. The highest BCUT2D eigenvalue weighted by Gasteiger charge is 2.44. The molecule has 0 unspecified atom stereocenters. The largest absolute Gasteiger partial charge is 0.306 e. The van der Waals surface area contributed by atoms with Crippen LogP contribution in [0.5, 0.6) is 0 Å². The molecule has 0 bridgehead atoms. The topological polar surface area (TPSA) is 20.3 Å². The Labute approximate surface area is 119 Å². The van der Waals surface area contributed by atoms with Gasteiger partial charge in [0.25, 0.3) is 0 Å². The maximum Gasteiger partial charge on any atom is 0.122 e. The highest BCUT2D eigenvalue weighted by molar-refractivity contribution is 5.51. The summed E-state index contributed by atoms with van der Waals surface area (Å²) < 4.78 is 0. The number of rotatable bonds is 3. The van der Waals surface area contributed by atoms with Crippen molar-refractivity contribution in [2.45, 2.75) is 59.8 Å². The van der Waals surface area contributed by atoms with Gasteiger partial charge in [-0.15, -0.1) is 0 Å². The van der Waals surface area contributed by atoms with Crippen LogP contribution in [0.2, 0.25) is 0 Å². The van der Waals surface area contributed by atoms with E-state index in [0.717, 1.165) is 23.5 Å². The van der Waals surface area contributed by atoms with Crippen molar-refractivity contribution in [3.8, 4) is 0 Å². The van der Waals surface area contributed by atoms with E-state index in [2.05, 4.69) is 25.8 Å². The SMILES string of the molecule is CC(C)C=O.CC(C)CC1CC2(CCN(C)CC2)C1. The van der Waals surface area contributed by atoms with Gasteiger partial charge in [0.2, 0.25) is 0 Å². The minimum Gasteiger partial charge on any atom is -0.306 e. The molecular formula is C17H33NO. The Morgan fingerprint density at radius 3 is 2.00 bits per heavy atom. The van der Waals surface area contributed by atoms with Gasteiger partial charge < -0.3 is 9.69 Å². The van der Waals surface area contributed by atoms with Crippen molar-refractivity contribution >= 4 is 6.29 Å². The Hall–Kier alpha value is -0.370. The van der Waals surface area contributed by atoms with E-state index in [1.165, 1.54) is 32.4 Å². The van der Waals surface area contributed by atoms with Crippen LogP contribution in [0.3, 0.4) is 0 Å². The molecule has 2 fully saturated rings. The van der Waals surface area contributed by atoms with E-state index in [-0.39, 0.29) is 5.92 Å². The highest BCUT2D eigenvalue weighted by Crippen LogP contribution is 2.54. The van der Waals surface area contributed by atoms with Crippen molar-refractivity contribution in [1.82, 2.24) is 4.90 Å². The first kappa shape index (κ1) is 16.7. The van der Waals surface area contributed by atoms with Crippen LogP contribution >= 0.6 is 0 Å². The lowest BCUT2D eigenvalue weighted by Gasteiger charge is -2.52. The van der Waals surface area contributed by atoms with E-state index in [1.807, 2.05) is 13.8 Å². The average Bonchev–Trinajstić information content (AvgIpc) is 2.30. The van der Waals surface area contributed by atoms with Crippen LogP contribution in [0.1, 0.15) is 59.8 Å². The second kappa shape index (κ2) is 7.42. The molecule has 112 valence electrons. The lowest BCUT2D eigenvalue weighted by atomic mass is 9.56. The summed E-state index contributed by atoms with van der Waals surface area (Å²) in [5, 5.41) is 0. The second-order valence-electron chi connectivity index (χ2n) is 7.59. The Morgan fingerprint density at radius 2 is 1.63 bits per heavy atom. The van der Waals surface area contributed by atoms with Crippen LogP contribution in [0.15, 0.2) is 0 Å². The summed E-state index contributed by atoms with van der Waals surface area (Å²) in [5.74, 6) is 2.18. The molecule has 1 aliphatic heterocycles. The van der Waals surface area contributed by atoms with Crippen LogP contribution in [0, 0.1) is 23.2 Å². The lowest BCUT2D eigenvalue weighted by molar-refractivity contribution is -0.110. The monoisotopic (exact) mass is 267 g/mol. The van der Waals surface area contributed by atoms with Gasteiger partial charge in [0, 0.05) is 5.92 Å². The number of hydrogen-bond acceptors (Lipinski definition) is 2. The average molecular weight is 267 g/mol. The molecule has 2 nitrogen and oxygen atoms in total. The number of carbonyl (C=O) groups excluding carboxylic acids is 1. The summed E-state index contributed by atoms with van der Waals surface area (Å²) in [5.41, 5.74) is 0.798. The summed E-state index contributed by atoms with van der Waals surface area (Å²) in [6.45, 7) is 11.1. The smallest absolute Gasteiger partial charge is 0.122 e. The standard InChI is InChI=1S/C13H25N.C4H8O/c1-11(2)8-12-9-13(10-12)4-6-14(3)7-5-13;1-4(2)3-5/h11-12H,4-10H2,1-3H3;3-4H,1-2H3. The van der Waals surface area contributed by atoms with Gasteiger partial charge in [-0.3, -0.25) is 0 Å². The van der Waals surface area contributed by atoms with Crippen molar-refractivity contribution in [3.63, 3.8) is 0 Å². The number of piperidine rings is 1. The van der Waals surface area contributed by atoms with Gasteiger partial charge in [0.1, 0.15) is 6.29 Å². The molecule has 0 aromatic heterocycles. The fourth-order valence-electron chi connectivity index (χ4n) is 3.50. The summed E-state index contributed by atoms with van der Waals surface area (Å²) in [7, 11) is 2.26. The number of carbonyl (C=O) groups is 1. The van der Waals surface area contributed by atoms with Crippen LogP contribution in [0.25, 0.3) is 0 Å². The predicted molar refractivity (Wildman–Crippen MR) is 82.2 cm³/mol. The summed E-state index contributed by atoms with van der Waals surface area (Å²) in [4.78, 5) is 12.0. The summed E-state index contributed by atoms with van der Waals surface area (Å²) >= 11 is 0. The van der Waals surface area contributed by atoms with Gasteiger partial charge in [-0.2, -0.15) is 0 Å². The van der Waals surface area contributed by atoms with Crippen molar-refractivity contribution in [2.75, 3.05) is 20.1 Å². The fraction of sp³-hybridized carbons (Fsp3) is 0.941. The Balaban J connectivity index is 0.000000312. The molecule has 0 amide bonds. The molecule has 19 heavy (non-hydrogen) atoms. The maximum absolute atomic E-state index is 9.50.